The van der Waals surface area contributed by atoms with Gasteiger partial charge in [0.25, 0.3) is 11.8 Å². The molecule has 0 spiro atoms. The Balaban J connectivity index is 0.00000190. The molecule has 8 nitrogen and oxygen atoms in total. The smallest absolute Gasteiger partial charge is 0.256 e. The molecule has 1 aromatic carbocycles. The molecule has 0 saturated heterocycles. The highest BCUT2D eigenvalue weighted by Gasteiger charge is 2.32. The highest BCUT2D eigenvalue weighted by Crippen LogP contribution is 2.20. The van der Waals surface area contributed by atoms with Crippen LogP contribution in [0.5, 0.6) is 0 Å². The fourth-order valence-corrected chi connectivity index (χ4v) is 2.41. The molecule has 0 fully saturated rings. The number of nitrogens with one attached hydrogen (secondary N) is 1. The zero-order chi connectivity index (χ0) is 21.1. The zero-order valence-corrected chi connectivity index (χ0v) is 16.9. The van der Waals surface area contributed by atoms with Crippen molar-refractivity contribution in [3.8, 4) is 0 Å². The minimum Gasteiger partial charge on any atom is -0.380 e. The fourth-order valence-electron chi connectivity index (χ4n) is 2.41. The van der Waals surface area contributed by atoms with Crippen LogP contribution in [-0.2, 0) is 9.59 Å². The maximum Gasteiger partial charge on any atom is 0.256 e. The maximum absolute atomic E-state index is 12.1. The highest BCUT2D eigenvalue weighted by molar-refractivity contribution is 5.98. The molecule has 2 atom stereocenters. The van der Waals surface area contributed by atoms with Crippen molar-refractivity contribution in [1.82, 2.24) is 4.90 Å². The lowest BCUT2D eigenvalue weighted by Gasteiger charge is -2.23. The van der Waals surface area contributed by atoms with Crippen LogP contribution in [0.2, 0.25) is 0 Å². The van der Waals surface area contributed by atoms with E-state index in [9.17, 15) is 19.8 Å². The average Bonchev–Trinajstić information content (AvgIpc) is 2.74. The predicted molar refractivity (Wildman–Crippen MR) is 111 cm³/mol. The third-order valence-electron chi connectivity index (χ3n) is 3.85. The number of anilines is 2. The van der Waals surface area contributed by atoms with Gasteiger partial charge < -0.3 is 20.4 Å². The molecule has 2 rings (SSSR count). The van der Waals surface area contributed by atoms with Crippen LogP contribution in [0.15, 0.2) is 41.6 Å². The van der Waals surface area contributed by atoms with E-state index in [2.05, 4.69) is 10.4 Å². The van der Waals surface area contributed by atoms with Crippen LogP contribution in [0.3, 0.4) is 0 Å². The molecule has 0 radical (unpaired) electrons. The van der Waals surface area contributed by atoms with Gasteiger partial charge >= 0.3 is 0 Å². The molecule has 1 heterocycles. The van der Waals surface area contributed by atoms with Gasteiger partial charge in [0.15, 0.2) is 12.2 Å². The summed E-state index contributed by atoms with van der Waals surface area (Å²) in [6, 6.07) is 6.81. The second kappa shape index (κ2) is 11.9. The molecule has 1 aliphatic heterocycles. The van der Waals surface area contributed by atoms with Crippen molar-refractivity contribution in [1.29, 1.82) is 0 Å². The average molecular weight is 390 g/mol. The van der Waals surface area contributed by atoms with Crippen LogP contribution in [0.25, 0.3) is 0 Å². The molecule has 0 bridgehead atoms. The van der Waals surface area contributed by atoms with Crippen molar-refractivity contribution in [3.63, 3.8) is 0 Å². The predicted octanol–water partition coefficient (Wildman–Crippen LogP) is 1.95. The van der Waals surface area contributed by atoms with Gasteiger partial charge in [-0.2, -0.15) is 5.10 Å². The summed E-state index contributed by atoms with van der Waals surface area (Å²) < 4.78 is 0. The number of hydrazone groups is 1. The number of benzene rings is 1. The molecule has 3 N–H and O–H groups in total. The number of hydrogen-bond donors (Lipinski definition) is 3. The Morgan fingerprint density at radius 2 is 1.86 bits per heavy atom. The lowest BCUT2D eigenvalue weighted by Crippen LogP contribution is -2.48. The first-order valence-electron chi connectivity index (χ1n) is 9.44. The van der Waals surface area contributed by atoms with Gasteiger partial charge in [0.05, 0.1) is 5.69 Å². The molecular formula is C20H30N4O4. The Morgan fingerprint density at radius 1 is 1.21 bits per heavy atom. The molecule has 0 aliphatic carbocycles. The van der Waals surface area contributed by atoms with E-state index in [0.29, 0.717) is 18.7 Å². The summed E-state index contributed by atoms with van der Waals surface area (Å²) in [5, 5.41) is 28.2. The maximum atomic E-state index is 12.1. The number of aliphatic hydroxyl groups excluding tert-OH is 2. The van der Waals surface area contributed by atoms with Crippen LogP contribution >= 0.6 is 0 Å². The third-order valence-corrected chi connectivity index (χ3v) is 3.85. The highest BCUT2D eigenvalue weighted by atomic mass is 16.3. The second-order valence-electron chi connectivity index (χ2n) is 5.95. The van der Waals surface area contributed by atoms with Crippen LogP contribution in [0.1, 0.15) is 33.6 Å². The van der Waals surface area contributed by atoms with E-state index in [1.54, 1.807) is 35.5 Å². The Hall–Kier alpha value is -2.71. The summed E-state index contributed by atoms with van der Waals surface area (Å²) in [5.41, 5.74) is 1.25. The van der Waals surface area contributed by atoms with E-state index in [0.717, 1.165) is 12.1 Å². The lowest BCUT2D eigenvalue weighted by atomic mass is 10.1. The first-order valence-corrected chi connectivity index (χ1v) is 9.44. The summed E-state index contributed by atoms with van der Waals surface area (Å²) in [6.07, 6.45) is 3.42. The monoisotopic (exact) mass is 390 g/mol. The summed E-state index contributed by atoms with van der Waals surface area (Å²) in [4.78, 5) is 25.3. The number of rotatable bonds is 7. The van der Waals surface area contributed by atoms with E-state index < -0.39 is 24.0 Å². The summed E-state index contributed by atoms with van der Waals surface area (Å²) >= 11 is 0. The molecule has 0 aromatic heterocycles. The normalized spacial score (nSPS) is 14.6. The summed E-state index contributed by atoms with van der Waals surface area (Å²) in [5.74, 6) is -1.54. The Kier molecular flexibility index (Phi) is 9.91. The first kappa shape index (κ1) is 23.3. The number of carbonyl (C=O) groups excluding carboxylic acids is 2. The van der Waals surface area contributed by atoms with Gasteiger partial charge in [-0.15, -0.1) is 0 Å². The van der Waals surface area contributed by atoms with Gasteiger partial charge in [0.1, 0.15) is 0 Å². The van der Waals surface area contributed by atoms with Gasteiger partial charge in [-0.25, -0.2) is 5.01 Å². The van der Waals surface area contributed by atoms with E-state index in [4.69, 9.17) is 0 Å². The van der Waals surface area contributed by atoms with Crippen molar-refractivity contribution in [2.24, 2.45) is 5.10 Å². The largest absolute Gasteiger partial charge is 0.380 e. The van der Waals surface area contributed by atoms with E-state index >= 15 is 0 Å². The number of nitrogens with zero attached hydrogens (tertiary/aromatic N) is 3. The van der Waals surface area contributed by atoms with Crippen molar-refractivity contribution in [2.45, 2.75) is 45.8 Å². The van der Waals surface area contributed by atoms with Crippen molar-refractivity contribution in [3.05, 3.63) is 36.5 Å². The summed E-state index contributed by atoms with van der Waals surface area (Å²) in [7, 11) is 1.51. The first-order chi connectivity index (χ1) is 13.4. The number of carbonyl (C=O) groups is 2. The minimum absolute atomic E-state index is 0.430. The molecule has 1 aromatic rings. The van der Waals surface area contributed by atoms with Gasteiger partial charge in [-0.1, -0.05) is 26.8 Å². The molecule has 0 saturated carbocycles. The number of hydrogen-bond acceptors (Lipinski definition) is 6. The number of aliphatic hydroxyl groups is 2. The molecule has 1 aliphatic rings. The minimum atomic E-state index is -1.85. The Bertz CT molecular complexity index is 676. The molecule has 8 heteroatoms. The number of allylic oxidation sites excluding steroid dienone is 1. The van der Waals surface area contributed by atoms with Gasteiger partial charge in [-0.3, -0.25) is 9.59 Å². The zero-order valence-electron chi connectivity index (χ0n) is 16.9. The van der Waals surface area contributed by atoms with Gasteiger partial charge in [-0.05, 0) is 30.7 Å². The van der Waals surface area contributed by atoms with Crippen molar-refractivity contribution >= 4 is 29.4 Å². The molecule has 28 heavy (non-hydrogen) atoms. The van der Waals surface area contributed by atoms with E-state index in [1.165, 1.54) is 11.9 Å². The van der Waals surface area contributed by atoms with Crippen molar-refractivity contribution < 1.29 is 19.8 Å². The van der Waals surface area contributed by atoms with Crippen LogP contribution in [0.4, 0.5) is 11.4 Å². The topological polar surface area (TPSA) is 105 Å². The molecular weight excluding hydrogens is 360 g/mol. The van der Waals surface area contributed by atoms with Gasteiger partial charge in [0, 0.05) is 38.1 Å². The van der Waals surface area contributed by atoms with Crippen LogP contribution < -0.4 is 10.3 Å². The second-order valence-corrected chi connectivity index (χ2v) is 5.95. The third kappa shape index (κ3) is 6.47. The van der Waals surface area contributed by atoms with Crippen molar-refractivity contribution in [2.75, 3.05) is 23.9 Å². The van der Waals surface area contributed by atoms with Crippen LogP contribution in [-0.4, -0.2) is 58.9 Å². The fraction of sp³-hybridized carbons (Fsp3) is 0.450. The molecule has 2 amide bonds. The molecule has 2 unspecified atom stereocenters. The summed E-state index contributed by atoms with van der Waals surface area (Å²) in [6.45, 7) is 6.31. The molecule has 154 valence electrons. The Morgan fingerprint density at radius 3 is 2.39 bits per heavy atom. The number of amides is 2. The van der Waals surface area contributed by atoms with E-state index in [-0.39, 0.29) is 0 Å². The number of likely N-dealkylation sites (N-methyl/N-ethyl adjacent to an activating group) is 1. The SMILES string of the molecule is CC.CCCN(C)C(=O)C(O)C(O)C(=O)Nc1ccc(N2C=CCC=N2)cc1. The quantitative estimate of drug-likeness (QED) is 0.660. The van der Waals surface area contributed by atoms with Gasteiger partial charge in [0.2, 0.25) is 0 Å². The standard InChI is InChI=1S/C18H24N4O4.C2H6/c1-3-11-21(2)18(26)16(24)15(23)17(25)20-13-6-8-14(9-7-13)22-12-5-4-10-19-22;1-2/h5-10,12,15-16,23-24H,3-4,11H2,1-2H3,(H,20,25);1-2H3. The Labute approximate surface area is 166 Å². The van der Waals surface area contributed by atoms with Crippen LogP contribution in [0, 0.1) is 0 Å². The lowest BCUT2D eigenvalue weighted by molar-refractivity contribution is -0.150. The van der Waals surface area contributed by atoms with E-state index in [1.807, 2.05) is 33.0 Å².